The maximum atomic E-state index is 12.9. The van der Waals surface area contributed by atoms with Gasteiger partial charge in [-0.25, -0.2) is 4.98 Å². The zero-order chi connectivity index (χ0) is 28.3. The smallest absolute Gasteiger partial charge is 0.238 e. The molecule has 6 rings (SSSR count). The number of nitrogens with one attached hydrogen (secondary N) is 1. The topological polar surface area (TPSA) is 88.4 Å². The van der Waals surface area contributed by atoms with Gasteiger partial charge in [-0.1, -0.05) is 18.2 Å². The highest BCUT2D eigenvalue weighted by Crippen LogP contribution is 2.33. The summed E-state index contributed by atoms with van der Waals surface area (Å²) >= 11 is 0. The summed E-state index contributed by atoms with van der Waals surface area (Å²) in [5, 5.41) is 3.05. The molecule has 4 heterocycles. The molecule has 1 fully saturated rings. The minimum atomic E-state index is -0.0465. The van der Waals surface area contributed by atoms with Crippen LogP contribution in [0, 0.1) is 0 Å². The third-order valence-corrected chi connectivity index (χ3v) is 8.02. The van der Waals surface area contributed by atoms with Gasteiger partial charge in [0, 0.05) is 63.0 Å². The molecule has 0 saturated carbocycles. The van der Waals surface area contributed by atoms with Gasteiger partial charge in [-0.05, 0) is 53.9 Å². The number of hydrogen-bond acceptors (Lipinski definition) is 7. The number of imidazole rings is 1. The van der Waals surface area contributed by atoms with Crippen molar-refractivity contribution in [2.45, 2.75) is 32.4 Å². The minimum absolute atomic E-state index is 0.0465. The van der Waals surface area contributed by atoms with Crippen molar-refractivity contribution in [3.8, 4) is 22.8 Å². The molecule has 2 aliphatic rings. The lowest BCUT2D eigenvalue weighted by molar-refractivity contribution is -0.121. The van der Waals surface area contributed by atoms with Crippen LogP contribution in [0.4, 0.5) is 5.69 Å². The first-order chi connectivity index (χ1) is 20.0. The molecular formula is C32H35N5O4. The number of carbonyl (C=O) groups is 2. The summed E-state index contributed by atoms with van der Waals surface area (Å²) in [7, 11) is 3.28. The lowest BCUT2D eigenvalue weighted by Gasteiger charge is -2.29. The number of ether oxygens (including phenoxy) is 2. The lowest BCUT2D eigenvalue weighted by Crippen LogP contribution is -2.37. The highest BCUT2D eigenvalue weighted by atomic mass is 16.5. The van der Waals surface area contributed by atoms with E-state index in [0.717, 1.165) is 72.2 Å². The molecule has 0 bridgehead atoms. The Morgan fingerprint density at radius 2 is 1.61 bits per heavy atom. The number of amides is 1. The molecule has 0 radical (unpaired) electrons. The molecule has 212 valence electrons. The van der Waals surface area contributed by atoms with Crippen LogP contribution in [0.15, 0.2) is 60.8 Å². The highest BCUT2D eigenvalue weighted by molar-refractivity contribution is 5.92. The van der Waals surface area contributed by atoms with Crippen molar-refractivity contribution in [3.05, 3.63) is 77.6 Å². The maximum absolute atomic E-state index is 12.9. The number of Topliss-reactive ketones (excluding diaryl/α,β-unsaturated/α-hetero) is 1. The van der Waals surface area contributed by atoms with Crippen LogP contribution in [0.2, 0.25) is 0 Å². The molecule has 1 saturated heterocycles. The summed E-state index contributed by atoms with van der Waals surface area (Å²) in [4.78, 5) is 34.1. The molecule has 2 aromatic heterocycles. The van der Waals surface area contributed by atoms with Crippen molar-refractivity contribution in [2.75, 3.05) is 45.7 Å². The molecule has 4 aromatic rings. The van der Waals surface area contributed by atoms with Gasteiger partial charge in [0.15, 0.2) is 11.5 Å². The number of pyridine rings is 1. The maximum Gasteiger partial charge on any atom is 0.238 e. The van der Waals surface area contributed by atoms with Gasteiger partial charge in [0.2, 0.25) is 5.91 Å². The van der Waals surface area contributed by atoms with E-state index >= 15 is 0 Å². The van der Waals surface area contributed by atoms with Gasteiger partial charge in [0.1, 0.15) is 11.4 Å². The second-order valence-electron chi connectivity index (χ2n) is 10.7. The summed E-state index contributed by atoms with van der Waals surface area (Å²) in [5.74, 6) is 1.73. The molecule has 0 unspecified atom stereocenters. The van der Waals surface area contributed by atoms with Crippen molar-refractivity contribution in [3.63, 3.8) is 0 Å². The Kier molecular flexibility index (Phi) is 7.71. The van der Waals surface area contributed by atoms with Crippen LogP contribution in [-0.2, 0) is 29.1 Å². The van der Waals surface area contributed by atoms with E-state index in [1.807, 2.05) is 60.8 Å². The molecule has 9 heteroatoms. The van der Waals surface area contributed by atoms with Crippen LogP contribution < -0.4 is 14.8 Å². The number of fused-ring (bicyclic) bond motifs is 2. The number of hydrogen-bond donors (Lipinski definition) is 1. The van der Waals surface area contributed by atoms with E-state index in [1.165, 1.54) is 5.56 Å². The Balaban J connectivity index is 1.13. The number of ketones is 1. The number of rotatable bonds is 8. The monoisotopic (exact) mass is 553 g/mol. The van der Waals surface area contributed by atoms with Crippen molar-refractivity contribution >= 4 is 23.0 Å². The van der Waals surface area contributed by atoms with Gasteiger partial charge in [0.25, 0.3) is 0 Å². The number of nitrogens with zero attached hydrogens (tertiary/aromatic N) is 4. The SMILES string of the molecule is COc1cc2c(cc1OC)CN(CC(=O)Nc1ccc(-c3nc4ccccn4c3CN3CCC(=O)CC3)cc1)CC2. The molecule has 1 amide bonds. The summed E-state index contributed by atoms with van der Waals surface area (Å²) in [6, 6.07) is 17.9. The summed E-state index contributed by atoms with van der Waals surface area (Å²) in [6.07, 6.45) is 4.10. The largest absolute Gasteiger partial charge is 0.493 e. The van der Waals surface area contributed by atoms with Gasteiger partial charge < -0.3 is 19.2 Å². The van der Waals surface area contributed by atoms with E-state index in [1.54, 1.807) is 14.2 Å². The van der Waals surface area contributed by atoms with Gasteiger partial charge in [-0.2, -0.15) is 0 Å². The van der Waals surface area contributed by atoms with E-state index in [4.69, 9.17) is 14.5 Å². The van der Waals surface area contributed by atoms with E-state index in [0.29, 0.717) is 37.5 Å². The fraction of sp³-hybridized carbons (Fsp3) is 0.344. The van der Waals surface area contributed by atoms with Gasteiger partial charge in [0.05, 0.1) is 32.2 Å². The molecular weight excluding hydrogens is 518 g/mol. The molecule has 0 atom stereocenters. The van der Waals surface area contributed by atoms with Crippen molar-refractivity contribution in [1.82, 2.24) is 19.2 Å². The molecule has 2 aliphatic heterocycles. The fourth-order valence-corrected chi connectivity index (χ4v) is 5.79. The molecule has 41 heavy (non-hydrogen) atoms. The average Bonchev–Trinajstić information content (AvgIpc) is 3.36. The Morgan fingerprint density at radius 1 is 0.902 bits per heavy atom. The highest BCUT2D eigenvalue weighted by Gasteiger charge is 2.23. The number of likely N-dealkylation sites (tertiary alicyclic amines) is 1. The summed E-state index contributed by atoms with van der Waals surface area (Å²) < 4.78 is 13.0. The first-order valence-corrected chi connectivity index (χ1v) is 14.1. The Bertz CT molecular complexity index is 1570. The predicted molar refractivity (Wildman–Crippen MR) is 157 cm³/mol. The van der Waals surface area contributed by atoms with E-state index in [9.17, 15) is 9.59 Å². The minimum Gasteiger partial charge on any atom is -0.493 e. The molecule has 0 spiro atoms. The van der Waals surface area contributed by atoms with E-state index in [2.05, 4.69) is 19.5 Å². The Labute approximate surface area is 239 Å². The van der Waals surface area contributed by atoms with Crippen LogP contribution in [0.1, 0.15) is 29.7 Å². The third-order valence-electron chi connectivity index (χ3n) is 8.02. The first kappa shape index (κ1) is 27.0. The normalized spacial score (nSPS) is 16.0. The number of piperidine rings is 1. The van der Waals surface area contributed by atoms with Crippen LogP contribution in [0.3, 0.4) is 0 Å². The standard InChI is InChI=1S/C32H35N5O4/c1-40-28-17-23-10-14-36(19-24(23)18-29(28)41-2)21-31(39)33-25-8-6-22(7-9-25)32-27(20-35-15-11-26(38)12-16-35)37-13-4-3-5-30(37)34-32/h3-9,13,17-18H,10-12,14-16,19-21H2,1-2H3,(H,33,39). The lowest BCUT2D eigenvalue weighted by atomic mass is 9.99. The number of methoxy groups -OCH3 is 2. The van der Waals surface area contributed by atoms with Crippen LogP contribution in [0.25, 0.3) is 16.9 Å². The van der Waals surface area contributed by atoms with Crippen molar-refractivity contribution < 1.29 is 19.1 Å². The second-order valence-corrected chi connectivity index (χ2v) is 10.7. The Hall–Kier alpha value is -4.21. The number of anilines is 1. The number of benzene rings is 2. The molecule has 9 nitrogen and oxygen atoms in total. The van der Waals surface area contributed by atoms with Crippen LogP contribution >= 0.6 is 0 Å². The van der Waals surface area contributed by atoms with Crippen molar-refractivity contribution in [1.29, 1.82) is 0 Å². The Morgan fingerprint density at radius 3 is 2.34 bits per heavy atom. The van der Waals surface area contributed by atoms with Gasteiger partial charge >= 0.3 is 0 Å². The first-order valence-electron chi connectivity index (χ1n) is 14.1. The summed E-state index contributed by atoms with van der Waals surface area (Å²) in [5.41, 5.74) is 7.05. The fourth-order valence-electron chi connectivity index (χ4n) is 5.79. The molecule has 0 aliphatic carbocycles. The predicted octanol–water partition coefficient (Wildman–Crippen LogP) is 4.18. The third kappa shape index (κ3) is 5.82. The van der Waals surface area contributed by atoms with Crippen LogP contribution in [-0.4, -0.2) is 71.3 Å². The van der Waals surface area contributed by atoms with Gasteiger partial charge in [-0.3, -0.25) is 19.4 Å². The zero-order valence-electron chi connectivity index (χ0n) is 23.6. The quantitative estimate of drug-likeness (QED) is 0.350. The van der Waals surface area contributed by atoms with Gasteiger partial charge in [-0.15, -0.1) is 0 Å². The van der Waals surface area contributed by atoms with Crippen LogP contribution in [0.5, 0.6) is 11.5 Å². The van der Waals surface area contributed by atoms with Crippen molar-refractivity contribution in [2.24, 2.45) is 0 Å². The number of carbonyl (C=O) groups excluding carboxylic acids is 2. The summed E-state index contributed by atoms with van der Waals surface area (Å²) in [6.45, 7) is 4.07. The second kappa shape index (κ2) is 11.7. The van der Waals surface area contributed by atoms with E-state index in [-0.39, 0.29) is 5.91 Å². The van der Waals surface area contributed by atoms with E-state index < -0.39 is 0 Å². The number of aromatic nitrogens is 2. The average molecular weight is 554 g/mol. The molecule has 1 N–H and O–H groups in total. The zero-order valence-corrected chi connectivity index (χ0v) is 23.6. The molecule has 2 aromatic carbocycles.